The van der Waals surface area contributed by atoms with Crippen molar-refractivity contribution in [1.82, 2.24) is 4.90 Å². The van der Waals surface area contributed by atoms with E-state index in [1.807, 2.05) is 0 Å². The highest BCUT2D eigenvalue weighted by molar-refractivity contribution is 5.95. The van der Waals surface area contributed by atoms with Crippen LogP contribution in [0, 0.1) is 11.6 Å². The van der Waals surface area contributed by atoms with Gasteiger partial charge in [-0.15, -0.1) is 0 Å². The summed E-state index contributed by atoms with van der Waals surface area (Å²) in [7, 11) is 0. The SMILES string of the molecule is O=C(COC(=O)c1cccc(CN2CCCC2=O)c1)Nc1cc(F)ccc1F. The normalized spacial score (nSPS) is 13.5. The molecule has 1 fully saturated rings. The summed E-state index contributed by atoms with van der Waals surface area (Å²) in [6.07, 6.45) is 1.35. The molecule has 0 radical (unpaired) electrons. The van der Waals surface area contributed by atoms with Gasteiger partial charge in [-0.25, -0.2) is 13.6 Å². The van der Waals surface area contributed by atoms with Crippen LogP contribution in [0.2, 0.25) is 0 Å². The van der Waals surface area contributed by atoms with Crippen molar-refractivity contribution in [2.24, 2.45) is 0 Å². The van der Waals surface area contributed by atoms with Crippen LogP contribution in [0.4, 0.5) is 14.5 Å². The quantitative estimate of drug-likeness (QED) is 0.772. The number of amides is 2. The zero-order valence-electron chi connectivity index (χ0n) is 14.9. The molecular formula is C20H18F2N2O4. The van der Waals surface area contributed by atoms with Crippen LogP contribution in [0.3, 0.4) is 0 Å². The van der Waals surface area contributed by atoms with Crippen molar-refractivity contribution in [3.8, 4) is 0 Å². The summed E-state index contributed by atoms with van der Waals surface area (Å²) >= 11 is 0. The Morgan fingerprint density at radius 2 is 1.96 bits per heavy atom. The Labute approximate surface area is 160 Å². The minimum Gasteiger partial charge on any atom is -0.452 e. The Hall–Kier alpha value is -3.29. The minimum absolute atomic E-state index is 0.0780. The Morgan fingerprint density at radius 1 is 1.14 bits per heavy atom. The van der Waals surface area contributed by atoms with Gasteiger partial charge in [0, 0.05) is 25.6 Å². The highest BCUT2D eigenvalue weighted by Crippen LogP contribution is 2.17. The fraction of sp³-hybridized carbons (Fsp3) is 0.250. The zero-order chi connectivity index (χ0) is 20.1. The van der Waals surface area contributed by atoms with E-state index in [2.05, 4.69) is 5.32 Å². The molecule has 0 bridgehead atoms. The summed E-state index contributed by atoms with van der Waals surface area (Å²) in [4.78, 5) is 37.4. The number of rotatable bonds is 6. The summed E-state index contributed by atoms with van der Waals surface area (Å²) in [5.41, 5.74) is 0.670. The molecule has 6 nitrogen and oxygen atoms in total. The van der Waals surface area contributed by atoms with Gasteiger partial charge in [-0.3, -0.25) is 9.59 Å². The van der Waals surface area contributed by atoms with E-state index < -0.39 is 30.1 Å². The first-order chi connectivity index (χ1) is 13.4. The molecule has 8 heteroatoms. The van der Waals surface area contributed by atoms with E-state index in [9.17, 15) is 23.2 Å². The second-order valence-corrected chi connectivity index (χ2v) is 6.37. The molecule has 0 atom stereocenters. The molecule has 1 N–H and O–H groups in total. The van der Waals surface area contributed by atoms with Crippen LogP contribution < -0.4 is 5.32 Å². The van der Waals surface area contributed by atoms with Crippen LogP contribution in [0.5, 0.6) is 0 Å². The van der Waals surface area contributed by atoms with Gasteiger partial charge in [0.05, 0.1) is 11.3 Å². The Morgan fingerprint density at radius 3 is 2.71 bits per heavy atom. The zero-order valence-corrected chi connectivity index (χ0v) is 14.9. The lowest BCUT2D eigenvalue weighted by molar-refractivity contribution is -0.128. The van der Waals surface area contributed by atoms with E-state index in [4.69, 9.17) is 4.74 Å². The predicted octanol–water partition coefficient (Wildman–Crippen LogP) is 2.88. The van der Waals surface area contributed by atoms with Crippen LogP contribution in [0.1, 0.15) is 28.8 Å². The van der Waals surface area contributed by atoms with Crippen molar-refractivity contribution < 1.29 is 27.9 Å². The van der Waals surface area contributed by atoms with Gasteiger partial charge in [0.25, 0.3) is 5.91 Å². The molecule has 0 aliphatic carbocycles. The average Bonchev–Trinajstić information content (AvgIpc) is 3.07. The number of likely N-dealkylation sites (tertiary alicyclic amines) is 1. The van der Waals surface area contributed by atoms with Crippen molar-refractivity contribution >= 4 is 23.5 Å². The number of ether oxygens (including phenoxy) is 1. The molecule has 2 amide bonds. The topological polar surface area (TPSA) is 75.7 Å². The number of esters is 1. The fourth-order valence-corrected chi connectivity index (χ4v) is 2.88. The highest BCUT2D eigenvalue weighted by Gasteiger charge is 2.20. The maximum Gasteiger partial charge on any atom is 0.338 e. The lowest BCUT2D eigenvalue weighted by Gasteiger charge is -2.15. The van der Waals surface area contributed by atoms with Gasteiger partial charge in [0.1, 0.15) is 11.6 Å². The maximum absolute atomic E-state index is 13.5. The summed E-state index contributed by atoms with van der Waals surface area (Å²) in [5, 5.41) is 2.15. The van der Waals surface area contributed by atoms with E-state index in [-0.39, 0.29) is 17.2 Å². The predicted molar refractivity (Wildman–Crippen MR) is 96.4 cm³/mol. The largest absolute Gasteiger partial charge is 0.452 e. The minimum atomic E-state index is -0.801. The summed E-state index contributed by atoms with van der Waals surface area (Å²) in [5.74, 6) is -2.96. The van der Waals surface area contributed by atoms with Gasteiger partial charge in [0.2, 0.25) is 5.91 Å². The Bertz CT molecular complexity index is 917. The van der Waals surface area contributed by atoms with Gasteiger partial charge in [-0.2, -0.15) is 0 Å². The lowest BCUT2D eigenvalue weighted by Crippen LogP contribution is -2.24. The van der Waals surface area contributed by atoms with Crippen LogP contribution >= 0.6 is 0 Å². The van der Waals surface area contributed by atoms with Gasteiger partial charge >= 0.3 is 5.97 Å². The van der Waals surface area contributed by atoms with Crippen molar-refractivity contribution in [2.75, 3.05) is 18.5 Å². The molecule has 2 aromatic carbocycles. The molecule has 1 aliphatic heterocycles. The molecule has 3 rings (SSSR count). The first kappa shape index (κ1) is 19.5. The van der Waals surface area contributed by atoms with Crippen LogP contribution in [-0.2, 0) is 20.9 Å². The van der Waals surface area contributed by atoms with Crippen molar-refractivity contribution in [3.05, 3.63) is 65.2 Å². The number of hydrogen-bond donors (Lipinski definition) is 1. The van der Waals surface area contributed by atoms with Crippen LogP contribution in [-0.4, -0.2) is 35.8 Å². The van der Waals surface area contributed by atoms with E-state index in [1.54, 1.807) is 23.1 Å². The van der Waals surface area contributed by atoms with E-state index in [0.717, 1.165) is 30.2 Å². The van der Waals surface area contributed by atoms with Gasteiger partial charge in [0.15, 0.2) is 6.61 Å². The second-order valence-electron chi connectivity index (χ2n) is 6.37. The van der Waals surface area contributed by atoms with E-state index >= 15 is 0 Å². The number of carbonyl (C=O) groups is 3. The number of nitrogens with zero attached hydrogens (tertiary/aromatic N) is 1. The molecule has 1 heterocycles. The van der Waals surface area contributed by atoms with Gasteiger partial charge in [-0.1, -0.05) is 12.1 Å². The standard InChI is InChI=1S/C20H18F2N2O4/c21-15-6-7-16(22)17(10-15)23-18(25)12-28-20(27)14-4-1-3-13(9-14)11-24-8-2-5-19(24)26/h1,3-4,6-7,9-10H,2,5,8,11-12H2,(H,23,25). The molecular weight excluding hydrogens is 370 g/mol. The smallest absolute Gasteiger partial charge is 0.338 e. The molecule has 0 unspecified atom stereocenters. The maximum atomic E-state index is 13.5. The molecule has 28 heavy (non-hydrogen) atoms. The number of carbonyl (C=O) groups excluding carboxylic acids is 3. The molecule has 0 spiro atoms. The van der Waals surface area contributed by atoms with E-state index in [1.165, 1.54) is 6.07 Å². The molecule has 2 aromatic rings. The van der Waals surface area contributed by atoms with Gasteiger partial charge in [-0.05, 0) is 36.2 Å². The summed E-state index contributed by atoms with van der Waals surface area (Å²) in [6.45, 7) is 0.438. The molecule has 1 aliphatic rings. The van der Waals surface area contributed by atoms with Crippen LogP contribution in [0.25, 0.3) is 0 Å². The van der Waals surface area contributed by atoms with Crippen molar-refractivity contribution in [3.63, 3.8) is 0 Å². The molecule has 0 aromatic heterocycles. The second kappa shape index (κ2) is 8.60. The Kier molecular flexibility index (Phi) is 5.98. The van der Waals surface area contributed by atoms with E-state index in [0.29, 0.717) is 19.5 Å². The molecule has 0 saturated carbocycles. The number of nitrogens with one attached hydrogen (secondary N) is 1. The molecule has 1 saturated heterocycles. The summed E-state index contributed by atoms with van der Waals surface area (Å²) in [6, 6.07) is 9.22. The Balaban J connectivity index is 1.55. The fourth-order valence-electron chi connectivity index (χ4n) is 2.88. The number of hydrogen-bond acceptors (Lipinski definition) is 4. The number of anilines is 1. The van der Waals surface area contributed by atoms with Crippen molar-refractivity contribution in [1.29, 1.82) is 0 Å². The first-order valence-corrected chi connectivity index (χ1v) is 8.71. The number of halogens is 2. The first-order valence-electron chi connectivity index (χ1n) is 8.71. The monoisotopic (exact) mass is 388 g/mol. The third-order valence-electron chi connectivity index (χ3n) is 4.24. The van der Waals surface area contributed by atoms with Crippen molar-refractivity contribution in [2.45, 2.75) is 19.4 Å². The third-order valence-corrected chi connectivity index (χ3v) is 4.24. The average molecular weight is 388 g/mol. The van der Waals surface area contributed by atoms with Gasteiger partial charge < -0.3 is 15.0 Å². The summed E-state index contributed by atoms with van der Waals surface area (Å²) < 4.78 is 31.6. The lowest BCUT2D eigenvalue weighted by atomic mass is 10.1. The number of benzene rings is 2. The molecule has 146 valence electrons. The third kappa shape index (κ3) is 4.91. The van der Waals surface area contributed by atoms with Crippen LogP contribution in [0.15, 0.2) is 42.5 Å². The highest BCUT2D eigenvalue weighted by atomic mass is 19.1.